The van der Waals surface area contributed by atoms with Gasteiger partial charge in [0.2, 0.25) is 0 Å². The maximum absolute atomic E-state index is 8.37. The number of nitrogens with zero attached hydrogens (tertiary/aromatic N) is 5. The predicted molar refractivity (Wildman–Crippen MR) is 52.4 cm³/mol. The number of hydrogen-bond donors (Lipinski definition) is 0. The molecule has 0 aliphatic carbocycles. The first-order valence-corrected chi connectivity index (χ1v) is 4.06. The quantitative estimate of drug-likeness (QED) is 0.403. The smallest absolute Gasteiger partial charge is 0.0741 e. The molecule has 2 aromatic rings. The summed E-state index contributed by atoms with van der Waals surface area (Å²) in [6, 6.07) is 9.09. The molecule has 1 aromatic heterocycles. The van der Waals surface area contributed by atoms with E-state index in [4.69, 9.17) is 5.53 Å². The van der Waals surface area contributed by atoms with Gasteiger partial charge >= 0.3 is 0 Å². The van der Waals surface area contributed by atoms with Crippen molar-refractivity contribution in [3.05, 3.63) is 53.2 Å². The van der Waals surface area contributed by atoms with E-state index < -0.39 is 0 Å². The maximum atomic E-state index is 8.37. The summed E-state index contributed by atoms with van der Waals surface area (Å²) in [5, 5.41) is 7.65. The SMILES string of the molecule is [N-]=[N+]=Nc1ccccc1-n1cccn1. The van der Waals surface area contributed by atoms with E-state index in [2.05, 4.69) is 15.1 Å². The van der Waals surface area contributed by atoms with Crippen LogP contribution < -0.4 is 0 Å². The summed E-state index contributed by atoms with van der Waals surface area (Å²) in [7, 11) is 0. The Kier molecular flexibility index (Phi) is 2.17. The highest BCUT2D eigenvalue weighted by Crippen LogP contribution is 2.21. The van der Waals surface area contributed by atoms with Crippen LogP contribution in [0.25, 0.3) is 16.1 Å². The van der Waals surface area contributed by atoms with E-state index in [1.807, 2.05) is 24.3 Å². The molecular weight excluding hydrogens is 178 g/mol. The molecule has 1 heterocycles. The molecule has 0 fully saturated rings. The molecule has 2 rings (SSSR count). The minimum Gasteiger partial charge on any atom is -0.241 e. The molecule has 0 amide bonds. The Hall–Kier alpha value is -2.26. The van der Waals surface area contributed by atoms with E-state index in [1.54, 1.807) is 23.1 Å². The average molecular weight is 185 g/mol. The fourth-order valence-corrected chi connectivity index (χ4v) is 1.20. The number of azide groups is 1. The molecule has 0 saturated carbocycles. The van der Waals surface area contributed by atoms with E-state index in [0.29, 0.717) is 5.69 Å². The highest BCUT2D eigenvalue weighted by atomic mass is 15.3. The fourth-order valence-electron chi connectivity index (χ4n) is 1.20. The second kappa shape index (κ2) is 3.64. The molecule has 1 aromatic carbocycles. The molecule has 14 heavy (non-hydrogen) atoms. The van der Waals surface area contributed by atoms with Gasteiger partial charge < -0.3 is 0 Å². The third-order valence-electron chi connectivity index (χ3n) is 1.79. The van der Waals surface area contributed by atoms with Gasteiger partial charge in [-0.05, 0) is 17.7 Å². The summed E-state index contributed by atoms with van der Waals surface area (Å²) in [4.78, 5) is 2.76. The van der Waals surface area contributed by atoms with E-state index >= 15 is 0 Å². The van der Waals surface area contributed by atoms with Crippen LogP contribution in [-0.4, -0.2) is 9.78 Å². The Bertz CT molecular complexity index is 468. The Morgan fingerprint density at radius 2 is 2.14 bits per heavy atom. The van der Waals surface area contributed by atoms with Crippen LogP contribution in [0.15, 0.2) is 47.8 Å². The first-order valence-electron chi connectivity index (χ1n) is 4.06. The second-order valence-electron chi connectivity index (χ2n) is 2.63. The van der Waals surface area contributed by atoms with Gasteiger partial charge in [0.1, 0.15) is 0 Å². The van der Waals surface area contributed by atoms with Crippen LogP contribution in [-0.2, 0) is 0 Å². The van der Waals surface area contributed by atoms with Crippen molar-refractivity contribution >= 4 is 5.69 Å². The third kappa shape index (κ3) is 1.44. The van der Waals surface area contributed by atoms with Crippen LogP contribution in [0.2, 0.25) is 0 Å². The largest absolute Gasteiger partial charge is 0.241 e. The van der Waals surface area contributed by atoms with Gasteiger partial charge in [0.25, 0.3) is 0 Å². The summed E-state index contributed by atoms with van der Waals surface area (Å²) in [5.41, 5.74) is 9.71. The van der Waals surface area contributed by atoms with Crippen LogP contribution in [0.1, 0.15) is 0 Å². The van der Waals surface area contributed by atoms with E-state index in [9.17, 15) is 0 Å². The summed E-state index contributed by atoms with van der Waals surface area (Å²) < 4.78 is 1.66. The van der Waals surface area contributed by atoms with Crippen LogP contribution >= 0.6 is 0 Å². The molecule has 0 aliphatic heterocycles. The van der Waals surface area contributed by atoms with Crippen molar-refractivity contribution in [2.45, 2.75) is 0 Å². The summed E-state index contributed by atoms with van der Waals surface area (Å²) in [5.74, 6) is 0. The van der Waals surface area contributed by atoms with Crippen LogP contribution in [0.4, 0.5) is 5.69 Å². The number of rotatable bonds is 2. The molecule has 5 heteroatoms. The van der Waals surface area contributed by atoms with Crippen molar-refractivity contribution in [1.82, 2.24) is 9.78 Å². The fraction of sp³-hybridized carbons (Fsp3) is 0. The van der Waals surface area contributed by atoms with Gasteiger partial charge in [0.05, 0.1) is 11.4 Å². The van der Waals surface area contributed by atoms with Gasteiger partial charge in [-0.3, -0.25) is 0 Å². The van der Waals surface area contributed by atoms with Crippen LogP contribution in [0, 0.1) is 0 Å². The van der Waals surface area contributed by atoms with E-state index in [1.165, 1.54) is 0 Å². The molecule has 0 atom stereocenters. The van der Waals surface area contributed by atoms with Crippen molar-refractivity contribution in [3.63, 3.8) is 0 Å². The molecule has 0 unspecified atom stereocenters. The van der Waals surface area contributed by atoms with E-state index in [-0.39, 0.29) is 0 Å². The lowest BCUT2D eigenvalue weighted by molar-refractivity contribution is 0.880. The second-order valence-corrected chi connectivity index (χ2v) is 2.63. The molecule has 0 N–H and O–H groups in total. The van der Waals surface area contributed by atoms with Crippen molar-refractivity contribution < 1.29 is 0 Å². The molecule has 0 radical (unpaired) electrons. The Morgan fingerprint density at radius 3 is 2.86 bits per heavy atom. The molecule has 0 bridgehead atoms. The standard InChI is InChI=1S/C9H7N5/c10-13-12-8-4-1-2-5-9(8)14-7-3-6-11-14/h1-7H. The van der Waals surface area contributed by atoms with Gasteiger partial charge in [-0.15, -0.1) is 0 Å². The highest BCUT2D eigenvalue weighted by Gasteiger charge is 2.00. The van der Waals surface area contributed by atoms with Crippen molar-refractivity contribution in [1.29, 1.82) is 0 Å². The first-order chi connectivity index (χ1) is 6.92. The zero-order valence-corrected chi connectivity index (χ0v) is 7.28. The topological polar surface area (TPSA) is 66.6 Å². The Labute approximate surface area is 80.2 Å². The molecule has 0 saturated heterocycles. The third-order valence-corrected chi connectivity index (χ3v) is 1.79. The summed E-state index contributed by atoms with van der Waals surface area (Å²) in [6.07, 6.45) is 3.47. The minimum atomic E-state index is 0.568. The maximum Gasteiger partial charge on any atom is 0.0741 e. The lowest BCUT2D eigenvalue weighted by atomic mass is 10.3. The van der Waals surface area contributed by atoms with Gasteiger partial charge in [0, 0.05) is 17.3 Å². The lowest BCUT2D eigenvalue weighted by Crippen LogP contribution is -1.93. The number of para-hydroxylation sites is 1. The highest BCUT2D eigenvalue weighted by molar-refractivity contribution is 5.56. The predicted octanol–water partition coefficient (Wildman–Crippen LogP) is 2.81. The van der Waals surface area contributed by atoms with Crippen LogP contribution in [0.5, 0.6) is 0 Å². The number of hydrogen-bond acceptors (Lipinski definition) is 2. The Morgan fingerprint density at radius 1 is 1.29 bits per heavy atom. The van der Waals surface area contributed by atoms with Gasteiger partial charge in [-0.1, -0.05) is 23.3 Å². The monoisotopic (exact) mass is 185 g/mol. The molecule has 68 valence electrons. The van der Waals surface area contributed by atoms with E-state index in [0.717, 1.165) is 5.69 Å². The van der Waals surface area contributed by atoms with Gasteiger partial charge in [0.15, 0.2) is 0 Å². The zero-order chi connectivity index (χ0) is 9.80. The summed E-state index contributed by atoms with van der Waals surface area (Å²) in [6.45, 7) is 0. The molecule has 5 nitrogen and oxygen atoms in total. The average Bonchev–Trinajstić information content (AvgIpc) is 2.72. The number of benzene rings is 1. The lowest BCUT2D eigenvalue weighted by Gasteiger charge is -2.03. The van der Waals surface area contributed by atoms with Crippen molar-refractivity contribution in [2.24, 2.45) is 5.11 Å². The summed E-state index contributed by atoms with van der Waals surface area (Å²) >= 11 is 0. The van der Waals surface area contributed by atoms with Crippen LogP contribution in [0.3, 0.4) is 0 Å². The zero-order valence-electron chi connectivity index (χ0n) is 7.28. The normalized spacial score (nSPS) is 9.43. The Balaban J connectivity index is 2.57. The van der Waals surface area contributed by atoms with Crippen molar-refractivity contribution in [3.8, 4) is 5.69 Å². The van der Waals surface area contributed by atoms with Gasteiger partial charge in [-0.2, -0.15) is 5.10 Å². The minimum absolute atomic E-state index is 0.568. The number of aromatic nitrogens is 2. The first kappa shape index (κ1) is 8.34. The molecular formula is C9H7N5. The van der Waals surface area contributed by atoms with Gasteiger partial charge in [-0.25, -0.2) is 4.68 Å². The molecule has 0 spiro atoms. The van der Waals surface area contributed by atoms with Crippen molar-refractivity contribution in [2.75, 3.05) is 0 Å². The molecule has 0 aliphatic rings.